The van der Waals surface area contributed by atoms with Crippen LogP contribution in [0.4, 0.5) is 14.5 Å². The zero-order valence-corrected chi connectivity index (χ0v) is 29.8. The number of nitrogens with zero attached hydrogens (tertiary/aromatic N) is 4. The molecule has 0 radical (unpaired) electrons. The van der Waals surface area contributed by atoms with Gasteiger partial charge in [-0.1, -0.05) is 30.7 Å². The van der Waals surface area contributed by atoms with Crippen LogP contribution >= 0.6 is 11.6 Å². The fraction of sp³-hybridized carbons (Fsp3) is 0.250. The second-order valence-corrected chi connectivity index (χ2v) is 13.4. The van der Waals surface area contributed by atoms with Crippen LogP contribution in [0.1, 0.15) is 36.7 Å². The number of carbonyl (C=O) groups excluding carboxylic acids is 1. The number of pyridine rings is 1. The molecular weight excluding hydrogens is 704 g/mol. The van der Waals surface area contributed by atoms with Crippen molar-refractivity contribution in [2.24, 2.45) is 5.92 Å². The second-order valence-electron chi connectivity index (χ2n) is 13.0. The molecule has 0 atom stereocenters. The quantitative estimate of drug-likeness (QED) is 0.132. The van der Waals surface area contributed by atoms with Gasteiger partial charge in [-0.25, -0.2) is 13.5 Å². The SMILES string of the molecule is COc1cc2c(Oc3ccc(NC(=O)c4nn(-c5ccccc5Cl)c5cc(F)ccc5c4=O)cc3F)ccnc2cc1OCCCN1CCC(C)CC1. The molecule has 1 saturated heterocycles. The Morgan fingerprint density at radius 3 is 2.53 bits per heavy atom. The molecule has 6 aromatic rings. The third-order valence-electron chi connectivity index (χ3n) is 9.29. The monoisotopic (exact) mass is 739 g/mol. The summed E-state index contributed by atoms with van der Waals surface area (Å²) in [4.78, 5) is 33.7. The van der Waals surface area contributed by atoms with Crippen molar-refractivity contribution in [3.8, 4) is 28.7 Å². The molecule has 7 rings (SSSR count). The molecule has 1 amide bonds. The molecule has 0 unspecified atom stereocenters. The van der Waals surface area contributed by atoms with Crippen LogP contribution in [0, 0.1) is 17.6 Å². The van der Waals surface area contributed by atoms with E-state index in [1.807, 2.05) is 0 Å². The number of anilines is 1. The maximum absolute atomic E-state index is 15.5. The lowest BCUT2D eigenvalue weighted by molar-refractivity contribution is 0.102. The summed E-state index contributed by atoms with van der Waals surface area (Å²) in [6.07, 6.45) is 4.88. The van der Waals surface area contributed by atoms with E-state index in [4.69, 9.17) is 25.8 Å². The first kappa shape index (κ1) is 35.8. The van der Waals surface area contributed by atoms with Crippen molar-refractivity contribution in [1.29, 1.82) is 0 Å². The number of likely N-dealkylation sites (tertiary alicyclic amines) is 1. The van der Waals surface area contributed by atoms with Gasteiger partial charge in [-0.3, -0.25) is 14.6 Å². The van der Waals surface area contributed by atoms with Gasteiger partial charge in [0, 0.05) is 42.0 Å². The Labute approximate surface area is 308 Å². The lowest BCUT2D eigenvalue weighted by atomic mass is 9.99. The van der Waals surface area contributed by atoms with Crippen LogP contribution in [0.2, 0.25) is 5.02 Å². The number of methoxy groups -OCH3 is 1. The van der Waals surface area contributed by atoms with Crippen LogP contribution in [0.3, 0.4) is 0 Å². The molecule has 53 heavy (non-hydrogen) atoms. The number of para-hydroxylation sites is 1. The van der Waals surface area contributed by atoms with Gasteiger partial charge in [-0.2, -0.15) is 5.10 Å². The van der Waals surface area contributed by atoms with Crippen molar-refractivity contribution in [3.63, 3.8) is 0 Å². The van der Waals surface area contributed by atoms with Gasteiger partial charge in [0.2, 0.25) is 5.43 Å². The number of amides is 1. The van der Waals surface area contributed by atoms with E-state index in [0.717, 1.165) is 50.2 Å². The number of ether oxygens (including phenoxy) is 3. The van der Waals surface area contributed by atoms with E-state index in [1.165, 1.54) is 35.7 Å². The lowest BCUT2D eigenvalue weighted by Gasteiger charge is -2.30. The Bertz CT molecular complexity index is 2380. The van der Waals surface area contributed by atoms with E-state index in [0.29, 0.717) is 40.4 Å². The molecule has 2 aromatic heterocycles. The van der Waals surface area contributed by atoms with Crippen molar-refractivity contribution >= 4 is 45.0 Å². The highest BCUT2D eigenvalue weighted by Crippen LogP contribution is 2.38. The zero-order valence-electron chi connectivity index (χ0n) is 29.1. The molecule has 0 saturated carbocycles. The normalized spacial score (nSPS) is 13.7. The average Bonchev–Trinajstić information content (AvgIpc) is 3.15. The van der Waals surface area contributed by atoms with E-state index in [1.54, 1.807) is 55.8 Å². The maximum Gasteiger partial charge on any atom is 0.280 e. The number of piperidine rings is 1. The van der Waals surface area contributed by atoms with Crippen molar-refractivity contribution in [1.82, 2.24) is 19.7 Å². The van der Waals surface area contributed by atoms with Crippen LogP contribution in [0.25, 0.3) is 27.5 Å². The van der Waals surface area contributed by atoms with Gasteiger partial charge < -0.3 is 24.4 Å². The first-order chi connectivity index (χ1) is 25.7. The number of rotatable bonds is 11. The summed E-state index contributed by atoms with van der Waals surface area (Å²) in [7, 11) is 1.55. The van der Waals surface area contributed by atoms with Gasteiger partial charge in [0.05, 0.1) is 40.8 Å². The van der Waals surface area contributed by atoms with Crippen LogP contribution in [0.15, 0.2) is 89.9 Å². The fourth-order valence-electron chi connectivity index (χ4n) is 6.37. The highest BCUT2D eigenvalue weighted by atomic mass is 35.5. The van der Waals surface area contributed by atoms with E-state index >= 15 is 4.39 Å². The highest BCUT2D eigenvalue weighted by Gasteiger charge is 2.21. The van der Waals surface area contributed by atoms with Gasteiger partial charge >= 0.3 is 0 Å². The first-order valence-electron chi connectivity index (χ1n) is 17.3. The summed E-state index contributed by atoms with van der Waals surface area (Å²) in [5, 5.41) is 7.67. The van der Waals surface area contributed by atoms with Gasteiger partial charge in [0.15, 0.2) is 28.8 Å². The molecule has 3 heterocycles. The first-order valence-corrected chi connectivity index (χ1v) is 17.6. The molecule has 1 N–H and O–H groups in total. The largest absolute Gasteiger partial charge is 0.493 e. The number of benzene rings is 4. The average molecular weight is 740 g/mol. The number of nitrogens with one attached hydrogen (secondary N) is 1. The predicted molar refractivity (Wildman–Crippen MR) is 200 cm³/mol. The summed E-state index contributed by atoms with van der Waals surface area (Å²) in [6.45, 7) is 6.02. The van der Waals surface area contributed by atoms with Crippen molar-refractivity contribution < 1.29 is 27.8 Å². The molecule has 1 aliphatic rings. The molecule has 13 heteroatoms. The number of hydrogen-bond acceptors (Lipinski definition) is 8. The number of carbonyl (C=O) groups is 1. The minimum atomic E-state index is -0.901. The van der Waals surface area contributed by atoms with Crippen molar-refractivity contribution in [2.75, 3.05) is 38.7 Å². The van der Waals surface area contributed by atoms with E-state index in [2.05, 4.69) is 27.2 Å². The van der Waals surface area contributed by atoms with Gasteiger partial charge in [0.25, 0.3) is 5.91 Å². The third-order valence-corrected chi connectivity index (χ3v) is 9.61. The molecule has 0 spiro atoms. The van der Waals surface area contributed by atoms with Gasteiger partial charge in [-0.15, -0.1) is 0 Å². The number of fused-ring (bicyclic) bond motifs is 2. The third kappa shape index (κ3) is 7.79. The van der Waals surface area contributed by atoms with E-state index in [9.17, 15) is 14.0 Å². The summed E-state index contributed by atoms with van der Waals surface area (Å²) < 4.78 is 48.7. The Hall–Kier alpha value is -5.59. The second kappa shape index (κ2) is 15.6. The standard InChI is InChI=1S/C40H36ClF2N5O5/c1-24-13-17-47(18-14-24)16-5-19-52-37-23-31-28(22-36(37)51-2)34(12-15-44-31)53-35-11-9-26(21-30(35)43)45-40(50)38-39(49)27-10-8-25(42)20-33(27)48(46-38)32-7-4-3-6-29(32)41/h3-4,6-12,15,20-24H,5,13-14,16-19H2,1-2H3,(H,45,50). The van der Waals surface area contributed by atoms with Crippen LogP contribution in [-0.4, -0.2) is 58.9 Å². The highest BCUT2D eigenvalue weighted by molar-refractivity contribution is 6.32. The Kier molecular flexibility index (Phi) is 10.5. The van der Waals surface area contributed by atoms with Crippen LogP contribution in [0.5, 0.6) is 23.0 Å². The predicted octanol–water partition coefficient (Wildman–Crippen LogP) is 8.42. The number of halogens is 3. The summed E-state index contributed by atoms with van der Waals surface area (Å²) >= 11 is 6.39. The summed E-state index contributed by atoms with van der Waals surface area (Å²) in [5.41, 5.74) is -0.170. The Balaban J connectivity index is 1.08. The molecule has 0 bridgehead atoms. The number of aromatic nitrogens is 3. The van der Waals surface area contributed by atoms with Crippen molar-refractivity contribution in [2.45, 2.75) is 26.2 Å². The number of hydrogen-bond donors (Lipinski definition) is 1. The minimum Gasteiger partial charge on any atom is -0.493 e. The topological polar surface area (TPSA) is 108 Å². The Morgan fingerprint density at radius 1 is 0.943 bits per heavy atom. The van der Waals surface area contributed by atoms with Crippen molar-refractivity contribution in [3.05, 3.63) is 118 Å². The van der Waals surface area contributed by atoms with Crippen LogP contribution < -0.4 is 25.0 Å². The summed E-state index contributed by atoms with van der Waals surface area (Å²) in [5.74, 6) is -0.249. The van der Waals surface area contributed by atoms with E-state index in [-0.39, 0.29) is 27.4 Å². The summed E-state index contributed by atoms with van der Waals surface area (Å²) in [6, 6.07) is 19.1. The molecular formula is C40H36ClF2N5O5. The smallest absolute Gasteiger partial charge is 0.280 e. The molecule has 10 nitrogen and oxygen atoms in total. The fourth-order valence-corrected chi connectivity index (χ4v) is 6.59. The molecule has 272 valence electrons. The maximum atomic E-state index is 15.5. The molecule has 1 aliphatic heterocycles. The molecule has 4 aromatic carbocycles. The van der Waals surface area contributed by atoms with Gasteiger partial charge in [0.1, 0.15) is 11.6 Å². The minimum absolute atomic E-state index is 0.0439. The van der Waals surface area contributed by atoms with E-state index < -0.39 is 28.7 Å². The molecule has 1 fully saturated rings. The Morgan fingerprint density at radius 2 is 1.75 bits per heavy atom. The van der Waals surface area contributed by atoms with Crippen LogP contribution in [-0.2, 0) is 0 Å². The van der Waals surface area contributed by atoms with Gasteiger partial charge in [-0.05, 0) is 86.8 Å². The molecule has 0 aliphatic carbocycles. The lowest BCUT2D eigenvalue weighted by Crippen LogP contribution is -2.34. The zero-order chi connectivity index (χ0) is 37.1.